The van der Waals surface area contributed by atoms with E-state index >= 15 is 0 Å². The molecule has 3 rings (SSSR count). The SMILES string of the molecule is CN=C(c1ccc(C(=O)Nc2c(OC)cc(Cl)cc2C(=O)Nc2ccc(Cl)cn2)cc1)N(C)C. The van der Waals surface area contributed by atoms with Crippen LogP contribution in [0, 0.1) is 0 Å². The molecule has 0 unspecified atom stereocenters. The molecule has 0 aliphatic carbocycles. The molecule has 0 spiro atoms. The Kier molecular flexibility index (Phi) is 8.09. The lowest BCUT2D eigenvalue weighted by Crippen LogP contribution is -2.23. The molecule has 2 N–H and O–H groups in total. The molecule has 10 heteroatoms. The monoisotopic (exact) mass is 499 g/mol. The molecule has 3 aromatic rings. The predicted octanol–water partition coefficient (Wildman–Crippen LogP) is 4.84. The molecule has 8 nitrogen and oxygen atoms in total. The van der Waals surface area contributed by atoms with Gasteiger partial charge in [-0.1, -0.05) is 35.3 Å². The minimum absolute atomic E-state index is 0.110. The number of carbonyl (C=O) groups is 2. The standard InChI is InChI=1S/C24H23Cl2N5O3/c1-27-22(31(2)3)14-5-7-15(8-6-14)23(32)30-21-18(11-17(26)12-19(21)34-4)24(33)29-20-10-9-16(25)13-28-20/h5-13H,1-4H3,(H,30,32)(H,28,29,33). The summed E-state index contributed by atoms with van der Waals surface area (Å²) >= 11 is 12.0. The lowest BCUT2D eigenvalue weighted by molar-refractivity contribution is 0.102. The van der Waals surface area contributed by atoms with Crippen molar-refractivity contribution in [2.45, 2.75) is 0 Å². The lowest BCUT2D eigenvalue weighted by Gasteiger charge is -2.17. The molecule has 1 heterocycles. The van der Waals surface area contributed by atoms with E-state index in [1.807, 2.05) is 19.0 Å². The zero-order chi connectivity index (χ0) is 24.8. The maximum Gasteiger partial charge on any atom is 0.259 e. The molecule has 0 radical (unpaired) electrons. The number of methoxy groups -OCH3 is 1. The van der Waals surface area contributed by atoms with Crippen LogP contribution in [0.2, 0.25) is 10.0 Å². The summed E-state index contributed by atoms with van der Waals surface area (Å²) in [5.41, 5.74) is 1.54. The molecule has 2 aromatic carbocycles. The zero-order valence-corrected chi connectivity index (χ0v) is 20.5. The number of nitrogens with one attached hydrogen (secondary N) is 2. The highest BCUT2D eigenvalue weighted by atomic mass is 35.5. The molecule has 0 aliphatic rings. The van der Waals surface area contributed by atoms with Crippen LogP contribution in [-0.4, -0.2) is 55.8 Å². The summed E-state index contributed by atoms with van der Waals surface area (Å²) < 4.78 is 5.38. The molecule has 0 bridgehead atoms. The smallest absolute Gasteiger partial charge is 0.259 e. The largest absolute Gasteiger partial charge is 0.494 e. The van der Waals surface area contributed by atoms with Gasteiger partial charge in [0.05, 0.1) is 23.4 Å². The average molecular weight is 500 g/mol. The molecule has 0 atom stereocenters. The van der Waals surface area contributed by atoms with Crippen LogP contribution in [0.3, 0.4) is 0 Å². The number of ether oxygens (including phenoxy) is 1. The number of amidine groups is 1. The number of hydrogen-bond acceptors (Lipinski definition) is 5. The van der Waals surface area contributed by atoms with E-state index in [2.05, 4.69) is 20.6 Å². The number of aromatic nitrogens is 1. The van der Waals surface area contributed by atoms with Crippen molar-refractivity contribution in [3.05, 3.63) is 81.5 Å². The van der Waals surface area contributed by atoms with Crippen molar-refractivity contribution in [1.82, 2.24) is 9.88 Å². The summed E-state index contributed by atoms with van der Waals surface area (Å²) in [6.07, 6.45) is 1.41. The summed E-state index contributed by atoms with van der Waals surface area (Å²) in [5, 5.41) is 6.13. The van der Waals surface area contributed by atoms with E-state index in [0.29, 0.717) is 10.6 Å². The number of benzene rings is 2. The van der Waals surface area contributed by atoms with Gasteiger partial charge in [-0.05, 0) is 30.3 Å². The molecular formula is C24H23Cl2N5O3. The third kappa shape index (κ3) is 5.84. The van der Waals surface area contributed by atoms with E-state index in [1.165, 1.54) is 25.4 Å². The highest BCUT2D eigenvalue weighted by Crippen LogP contribution is 2.33. The van der Waals surface area contributed by atoms with Gasteiger partial charge in [-0.3, -0.25) is 14.6 Å². The van der Waals surface area contributed by atoms with Gasteiger partial charge in [-0.15, -0.1) is 0 Å². The van der Waals surface area contributed by atoms with E-state index in [4.69, 9.17) is 27.9 Å². The van der Waals surface area contributed by atoms with Gasteiger partial charge in [-0.25, -0.2) is 4.98 Å². The molecular weight excluding hydrogens is 477 g/mol. The number of nitrogens with zero attached hydrogens (tertiary/aromatic N) is 3. The Labute approximate surface area is 207 Å². The lowest BCUT2D eigenvalue weighted by atomic mass is 10.1. The Hall–Kier alpha value is -3.62. The fraction of sp³-hybridized carbons (Fsp3) is 0.167. The van der Waals surface area contributed by atoms with Crippen LogP contribution in [0.15, 0.2) is 59.7 Å². The first-order valence-corrected chi connectivity index (χ1v) is 10.9. The van der Waals surface area contributed by atoms with Gasteiger partial charge in [0, 0.05) is 49.6 Å². The summed E-state index contributed by atoms with van der Waals surface area (Å²) in [5.74, 6) is 0.345. The van der Waals surface area contributed by atoms with Gasteiger partial charge in [0.15, 0.2) is 0 Å². The number of amides is 2. The molecule has 2 amide bonds. The topological polar surface area (TPSA) is 95.9 Å². The van der Waals surface area contributed by atoms with Crippen molar-refractivity contribution < 1.29 is 14.3 Å². The maximum absolute atomic E-state index is 13.0. The van der Waals surface area contributed by atoms with E-state index in [-0.39, 0.29) is 27.8 Å². The van der Waals surface area contributed by atoms with Crippen LogP contribution in [-0.2, 0) is 0 Å². The van der Waals surface area contributed by atoms with E-state index in [0.717, 1.165) is 11.4 Å². The first-order chi connectivity index (χ1) is 16.2. The number of aliphatic imine (C=N–C) groups is 1. The first-order valence-electron chi connectivity index (χ1n) is 10.1. The molecule has 0 saturated heterocycles. The van der Waals surface area contributed by atoms with Crippen LogP contribution < -0.4 is 15.4 Å². The maximum atomic E-state index is 13.0. The second kappa shape index (κ2) is 11.0. The highest BCUT2D eigenvalue weighted by Gasteiger charge is 2.21. The third-order valence-electron chi connectivity index (χ3n) is 4.78. The Morgan fingerprint density at radius 3 is 2.18 bits per heavy atom. The van der Waals surface area contributed by atoms with Crippen LogP contribution in [0.1, 0.15) is 26.3 Å². The Balaban J connectivity index is 1.90. The molecule has 0 saturated carbocycles. The molecule has 0 aliphatic heterocycles. The van der Waals surface area contributed by atoms with Gasteiger partial charge in [0.1, 0.15) is 17.4 Å². The highest BCUT2D eigenvalue weighted by molar-refractivity contribution is 6.32. The zero-order valence-electron chi connectivity index (χ0n) is 19.0. The normalized spacial score (nSPS) is 11.1. The molecule has 176 valence electrons. The summed E-state index contributed by atoms with van der Waals surface area (Å²) in [6, 6.07) is 13.1. The van der Waals surface area contributed by atoms with Crippen molar-refractivity contribution in [2.24, 2.45) is 4.99 Å². The van der Waals surface area contributed by atoms with Gasteiger partial charge in [-0.2, -0.15) is 0 Å². The molecule has 0 fully saturated rings. The minimum atomic E-state index is -0.531. The number of anilines is 2. The van der Waals surface area contributed by atoms with Gasteiger partial charge in [0.2, 0.25) is 0 Å². The van der Waals surface area contributed by atoms with Crippen molar-refractivity contribution in [3.8, 4) is 5.75 Å². The molecule has 1 aromatic heterocycles. The van der Waals surface area contributed by atoms with Gasteiger partial charge in [0.25, 0.3) is 11.8 Å². The van der Waals surface area contributed by atoms with Gasteiger partial charge >= 0.3 is 0 Å². The number of rotatable bonds is 6. The first kappa shape index (κ1) is 25.0. The van der Waals surface area contributed by atoms with E-state index in [1.54, 1.807) is 43.4 Å². The quantitative estimate of drug-likeness (QED) is 0.373. The Morgan fingerprint density at radius 1 is 0.941 bits per heavy atom. The Morgan fingerprint density at radius 2 is 1.62 bits per heavy atom. The summed E-state index contributed by atoms with van der Waals surface area (Å²) in [7, 11) is 6.91. The number of carbonyl (C=O) groups excluding carboxylic acids is 2. The van der Waals surface area contributed by atoms with Crippen molar-refractivity contribution in [3.63, 3.8) is 0 Å². The predicted molar refractivity (Wildman–Crippen MR) is 136 cm³/mol. The van der Waals surface area contributed by atoms with Crippen molar-refractivity contribution in [2.75, 3.05) is 38.9 Å². The van der Waals surface area contributed by atoms with Crippen LogP contribution in [0.5, 0.6) is 5.75 Å². The van der Waals surface area contributed by atoms with Crippen molar-refractivity contribution >= 4 is 52.4 Å². The second-order valence-corrected chi connectivity index (χ2v) is 8.19. The number of hydrogen-bond donors (Lipinski definition) is 2. The van der Waals surface area contributed by atoms with E-state index in [9.17, 15) is 9.59 Å². The minimum Gasteiger partial charge on any atom is -0.494 e. The van der Waals surface area contributed by atoms with Crippen LogP contribution in [0.25, 0.3) is 0 Å². The number of pyridine rings is 1. The fourth-order valence-electron chi connectivity index (χ4n) is 3.23. The number of halogens is 2. The second-order valence-electron chi connectivity index (χ2n) is 7.32. The summed E-state index contributed by atoms with van der Waals surface area (Å²) in [4.78, 5) is 36.2. The summed E-state index contributed by atoms with van der Waals surface area (Å²) in [6.45, 7) is 0. The van der Waals surface area contributed by atoms with Gasteiger partial charge < -0.3 is 20.3 Å². The van der Waals surface area contributed by atoms with Crippen LogP contribution >= 0.6 is 23.2 Å². The van der Waals surface area contributed by atoms with E-state index < -0.39 is 11.8 Å². The van der Waals surface area contributed by atoms with Crippen LogP contribution in [0.4, 0.5) is 11.5 Å². The third-order valence-corrected chi connectivity index (χ3v) is 5.22. The van der Waals surface area contributed by atoms with Crippen molar-refractivity contribution in [1.29, 1.82) is 0 Å². The Bertz CT molecular complexity index is 1230. The fourth-order valence-corrected chi connectivity index (χ4v) is 3.55. The average Bonchev–Trinajstić information content (AvgIpc) is 2.81. The molecule has 34 heavy (non-hydrogen) atoms.